The highest BCUT2D eigenvalue weighted by Gasteiger charge is 2.38. The maximum atomic E-state index is 12.2. The fourth-order valence-corrected chi connectivity index (χ4v) is 3.44. The van der Waals surface area contributed by atoms with E-state index in [1.54, 1.807) is 13.8 Å². The Morgan fingerprint density at radius 2 is 1.90 bits per heavy atom. The van der Waals surface area contributed by atoms with Crippen LogP contribution in [-0.4, -0.2) is 42.1 Å². The SMILES string of the molecule is CC(C)(C)c1nc(N2CCC(C)(C)S(=O)(=O)CC2)no1. The lowest BCUT2D eigenvalue weighted by Gasteiger charge is -2.21. The third-order valence-corrected chi connectivity index (χ3v) is 6.40. The smallest absolute Gasteiger partial charge is 0.266 e. The normalized spacial score (nSPS) is 22.6. The van der Waals surface area contributed by atoms with E-state index in [4.69, 9.17) is 4.52 Å². The number of sulfone groups is 1. The Bertz CT molecular complexity index is 584. The molecule has 1 aromatic rings. The Morgan fingerprint density at radius 3 is 2.45 bits per heavy atom. The predicted octanol–water partition coefficient (Wildman–Crippen LogP) is 1.77. The molecule has 0 atom stereocenters. The van der Waals surface area contributed by atoms with Crippen LogP contribution < -0.4 is 4.90 Å². The molecular formula is C13H23N3O3S. The first-order valence-corrected chi connectivity index (χ1v) is 8.50. The molecule has 1 aliphatic rings. The molecule has 0 N–H and O–H groups in total. The summed E-state index contributed by atoms with van der Waals surface area (Å²) in [6.07, 6.45) is 0.564. The molecule has 20 heavy (non-hydrogen) atoms. The molecule has 114 valence electrons. The van der Waals surface area contributed by atoms with Gasteiger partial charge in [-0.15, -0.1) is 0 Å². The van der Waals surface area contributed by atoms with Gasteiger partial charge in [-0.05, 0) is 25.4 Å². The Kier molecular flexibility index (Phi) is 3.60. The molecule has 1 saturated heterocycles. The molecule has 0 aromatic carbocycles. The second-order valence-electron chi connectivity index (χ2n) is 6.97. The van der Waals surface area contributed by atoms with Gasteiger partial charge in [-0.1, -0.05) is 20.8 Å². The second kappa shape index (κ2) is 4.72. The van der Waals surface area contributed by atoms with E-state index in [1.165, 1.54) is 0 Å². The van der Waals surface area contributed by atoms with E-state index >= 15 is 0 Å². The zero-order chi connectivity index (χ0) is 15.2. The third kappa shape index (κ3) is 2.82. The number of rotatable bonds is 1. The van der Waals surface area contributed by atoms with Crippen molar-refractivity contribution in [1.82, 2.24) is 10.1 Å². The van der Waals surface area contributed by atoms with Gasteiger partial charge in [0.15, 0.2) is 9.84 Å². The minimum atomic E-state index is -3.09. The molecular weight excluding hydrogens is 278 g/mol. The largest absolute Gasteiger partial charge is 0.337 e. The van der Waals surface area contributed by atoms with Gasteiger partial charge in [0.2, 0.25) is 5.89 Å². The lowest BCUT2D eigenvalue weighted by Crippen LogP contribution is -2.33. The van der Waals surface area contributed by atoms with Crippen molar-refractivity contribution in [2.24, 2.45) is 0 Å². The number of anilines is 1. The van der Waals surface area contributed by atoms with Gasteiger partial charge in [0.1, 0.15) is 0 Å². The van der Waals surface area contributed by atoms with Crippen LogP contribution in [0.5, 0.6) is 0 Å². The summed E-state index contributed by atoms with van der Waals surface area (Å²) in [5.74, 6) is 1.18. The van der Waals surface area contributed by atoms with E-state index < -0.39 is 14.6 Å². The lowest BCUT2D eigenvalue weighted by molar-refractivity contribution is 0.320. The van der Waals surface area contributed by atoms with Crippen molar-refractivity contribution in [1.29, 1.82) is 0 Å². The number of hydrogen-bond acceptors (Lipinski definition) is 6. The van der Waals surface area contributed by atoms with Crippen molar-refractivity contribution >= 4 is 15.8 Å². The number of nitrogens with zero attached hydrogens (tertiary/aromatic N) is 3. The van der Waals surface area contributed by atoms with Crippen LogP contribution in [-0.2, 0) is 15.3 Å². The summed E-state index contributed by atoms with van der Waals surface area (Å²) in [6.45, 7) is 10.6. The Balaban J connectivity index is 2.22. The predicted molar refractivity (Wildman–Crippen MR) is 77.7 cm³/mol. The van der Waals surface area contributed by atoms with Gasteiger partial charge in [0.05, 0.1) is 10.5 Å². The molecule has 0 spiro atoms. The molecule has 1 aliphatic heterocycles. The minimum Gasteiger partial charge on any atom is -0.337 e. The topological polar surface area (TPSA) is 76.3 Å². The van der Waals surface area contributed by atoms with E-state index in [9.17, 15) is 8.42 Å². The van der Waals surface area contributed by atoms with Gasteiger partial charge < -0.3 is 9.42 Å². The summed E-state index contributed by atoms with van der Waals surface area (Å²) in [7, 11) is -3.09. The van der Waals surface area contributed by atoms with Crippen molar-refractivity contribution in [3.63, 3.8) is 0 Å². The maximum Gasteiger partial charge on any atom is 0.266 e. The average molecular weight is 301 g/mol. The van der Waals surface area contributed by atoms with E-state index in [2.05, 4.69) is 10.1 Å². The first-order valence-electron chi connectivity index (χ1n) is 6.84. The van der Waals surface area contributed by atoms with Crippen molar-refractivity contribution in [2.75, 3.05) is 23.7 Å². The Hall–Kier alpha value is -1.11. The monoisotopic (exact) mass is 301 g/mol. The van der Waals surface area contributed by atoms with Crippen molar-refractivity contribution in [2.45, 2.75) is 51.2 Å². The van der Waals surface area contributed by atoms with Crippen LogP contribution in [0.3, 0.4) is 0 Å². The lowest BCUT2D eigenvalue weighted by atomic mass is 9.97. The second-order valence-corrected chi connectivity index (χ2v) is 9.71. The standard InChI is InChI=1S/C13H23N3O3S/c1-12(2,3)10-14-11(15-19-10)16-7-6-13(4,5)20(17,18)9-8-16/h6-9H2,1-5H3. The van der Waals surface area contributed by atoms with E-state index in [-0.39, 0.29) is 11.2 Å². The molecule has 0 saturated carbocycles. The summed E-state index contributed by atoms with van der Waals surface area (Å²) in [6, 6.07) is 0. The zero-order valence-corrected chi connectivity index (χ0v) is 13.6. The van der Waals surface area contributed by atoms with Crippen LogP contribution >= 0.6 is 0 Å². The van der Waals surface area contributed by atoms with E-state index in [0.29, 0.717) is 31.3 Å². The highest BCUT2D eigenvalue weighted by Crippen LogP contribution is 2.28. The molecule has 1 fully saturated rings. The van der Waals surface area contributed by atoms with Crippen LogP contribution in [0.15, 0.2) is 4.52 Å². The van der Waals surface area contributed by atoms with Crippen LogP contribution in [0.25, 0.3) is 0 Å². The molecule has 2 rings (SSSR count). The molecule has 7 heteroatoms. The summed E-state index contributed by atoms with van der Waals surface area (Å²) in [4.78, 5) is 6.29. The van der Waals surface area contributed by atoms with Crippen LogP contribution in [0.1, 0.15) is 46.9 Å². The molecule has 0 radical (unpaired) electrons. The van der Waals surface area contributed by atoms with Gasteiger partial charge >= 0.3 is 0 Å². The summed E-state index contributed by atoms with van der Waals surface area (Å²) in [5.41, 5.74) is -0.206. The van der Waals surface area contributed by atoms with Gasteiger partial charge in [0, 0.05) is 18.5 Å². The maximum absolute atomic E-state index is 12.2. The first kappa shape index (κ1) is 15.3. The molecule has 0 unspecified atom stereocenters. The van der Waals surface area contributed by atoms with Crippen LogP contribution in [0.2, 0.25) is 0 Å². The number of hydrogen-bond donors (Lipinski definition) is 0. The molecule has 0 aliphatic carbocycles. The average Bonchev–Trinajstić information content (AvgIpc) is 2.73. The van der Waals surface area contributed by atoms with E-state index in [1.807, 2.05) is 25.7 Å². The van der Waals surface area contributed by atoms with Gasteiger partial charge in [-0.25, -0.2) is 8.42 Å². The quantitative estimate of drug-likeness (QED) is 0.787. The summed E-state index contributed by atoms with van der Waals surface area (Å²) < 4.78 is 28.9. The Morgan fingerprint density at radius 1 is 1.25 bits per heavy atom. The van der Waals surface area contributed by atoms with Crippen molar-refractivity contribution < 1.29 is 12.9 Å². The molecule has 2 heterocycles. The molecule has 1 aromatic heterocycles. The van der Waals surface area contributed by atoms with Crippen molar-refractivity contribution in [3.8, 4) is 0 Å². The van der Waals surface area contributed by atoms with Gasteiger partial charge in [0.25, 0.3) is 5.95 Å². The zero-order valence-electron chi connectivity index (χ0n) is 12.8. The van der Waals surface area contributed by atoms with E-state index in [0.717, 1.165) is 0 Å². The fraction of sp³-hybridized carbons (Fsp3) is 0.846. The first-order chi connectivity index (χ1) is 9.03. The third-order valence-electron chi connectivity index (χ3n) is 3.80. The fourth-order valence-electron chi connectivity index (χ4n) is 2.03. The van der Waals surface area contributed by atoms with Crippen LogP contribution in [0.4, 0.5) is 5.95 Å². The molecule has 0 amide bonds. The highest BCUT2D eigenvalue weighted by atomic mass is 32.2. The van der Waals surface area contributed by atoms with Gasteiger partial charge in [-0.3, -0.25) is 0 Å². The van der Waals surface area contributed by atoms with Crippen molar-refractivity contribution in [3.05, 3.63) is 5.89 Å². The van der Waals surface area contributed by atoms with Crippen LogP contribution in [0, 0.1) is 0 Å². The summed E-state index contributed by atoms with van der Waals surface area (Å²) in [5, 5.41) is 3.99. The highest BCUT2D eigenvalue weighted by molar-refractivity contribution is 7.92. The Labute approximate surface area is 120 Å². The summed E-state index contributed by atoms with van der Waals surface area (Å²) >= 11 is 0. The van der Waals surface area contributed by atoms with Gasteiger partial charge in [-0.2, -0.15) is 4.98 Å². The molecule has 0 bridgehead atoms. The number of aromatic nitrogens is 2. The minimum absolute atomic E-state index is 0.124. The molecule has 6 nitrogen and oxygen atoms in total.